The number of carbonyl (C=O) groups is 1. The van der Waals surface area contributed by atoms with E-state index in [4.69, 9.17) is 4.98 Å². The number of aromatic amines is 1. The highest BCUT2D eigenvalue weighted by Crippen LogP contribution is 2.34. The molecule has 4 heterocycles. The molecular formula is C30H31N5O. The van der Waals surface area contributed by atoms with Crippen molar-refractivity contribution in [1.29, 1.82) is 0 Å². The van der Waals surface area contributed by atoms with Crippen LogP contribution in [0.4, 0.5) is 0 Å². The smallest absolute Gasteiger partial charge is 0.150 e. The number of allylic oxidation sites excluding steroid dienone is 2. The number of imidazole rings is 1. The van der Waals surface area contributed by atoms with Gasteiger partial charge in [-0.25, -0.2) is 4.98 Å². The number of hydrogen-bond acceptors (Lipinski definition) is 5. The highest BCUT2D eigenvalue weighted by Gasteiger charge is 2.26. The molecule has 1 fully saturated rings. The topological polar surface area (TPSA) is 83.6 Å². The monoisotopic (exact) mass is 477 g/mol. The van der Waals surface area contributed by atoms with E-state index in [1.807, 2.05) is 31.3 Å². The number of carbonyl (C=O) groups excluding carboxylic acids is 1. The molecule has 0 spiro atoms. The Balaban J connectivity index is 1.23. The molecule has 36 heavy (non-hydrogen) atoms. The van der Waals surface area contributed by atoms with E-state index in [0.717, 1.165) is 77.9 Å². The molecule has 2 N–H and O–H groups in total. The fourth-order valence-electron chi connectivity index (χ4n) is 5.57. The summed E-state index contributed by atoms with van der Waals surface area (Å²) in [6.07, 6.45) is 11.9. The largest absolute Gasteiger partial charge is 0.343 e. The predicted octanol–water partition coefficient (Wildman–Crippen LogP) is 5.89. The zero-order chi connectivity index (χ0) is 24.5. The molecule has 6 rings (SSSR count). The van der Waals surface area contributed by atoms with Gasteiger partial charge in [-0.15, -0.1) is 0 Å². The molecule has 1 saturated heterocycles. The Morgan fingerprint density at radius 3 is 2.81 bits per heavy atom. The zero-order valence-corrected chi connectivity index (χ0v) is 20.6. The normalized spacial score (nSPS) is 20.0. The Bertz CT molecular complexity index is 1450. The van der Waals surface area contributed by atoms with Crippen LogP contribution in [0.2, 0.25) is 0 Å². The van der Waals surface area contributed by atoms with Gasteiger partial charge in [0.05, 0.1) is 35.0 Å². The molecule has 0 saturated carbocycles. The fourth-order valence-corrected chi connectivity index (χ4v) is 5.57. The first-order chi connectivity index (χ1) is 17.6. The second-order valence-corrected chi connectivity index (χ2v) is 10.1. The molecule has 182 valence electrons. The number of nitrogens with zero attached hydrogens (tertiary/aromatic N) is 3. The lowest BCUT2D eigenvalue weighted by Crippen LogP contribution is -2.32. The van der Waals surface area contributed by atoms with Crippen LogP contribution in [0, 0.1) is 12.8 Å². The average Bonchev–Trinajstić information content (AvgIpc) is 3.61. The molecule has 2 aliphatic rings. The molecule has 6 nitrogen and oxygen atoms in total. The van der Waals surface area contributed by atoms with E-state index in [-0.39, 0.29) is 6.04 Å². The molecule has 3 aromatic heterocycles. The van der Waals surface area contributed by atoms with Gasteiger partial charge >= 0.3 is 0 Å². The zero-order valence-electron chi connectivity index (χ0n) is 20.6. The van der Waals surface area contributed by atoms with E-state index in [1.165, 1.54) is 11.1 Å². The summed E-state index contributed by atoms with van der Waals surface area (Å²) >= 11 is 0. The number of ketones is 1. The van der Waals surface area contributed by atoms with Gasteiger partial charge in [0, 0.05) is 29.3 Å². The predicted molar refractivity (Wildman–Crippen MR) is 143 cm³/mol. The third-order valence-electron chi connectivity index (χ3n) is 7.57. The molecule has 1 aromatic carbocycles. The highest BCUT2D eigenvalue weighted by molar-refractivity contribution is 5.89. The van der Waals surface area contributed by atoms with Gasteiger partial charge in [-0.2, -0.15) is 0 Å². The van der Waals surface area contributed by atoms with Crippen LogP contribution >= 0.6 is 0 Å². The first-order valence-electron chi connectivity index (χ1n) is 13.0. The second kappa shape index (κ2) is 9.78. The van der Waals surface area contributed by atoms with Crippen LogP contribution in [0.3, 0.4) is 0 Å². The molecule has 6 heteroatoms. The molecule has 1 aliphatic carbocycles. The Labute approximate surface area is 211 Å². The SMILES string of the molecule is Cc1cccc(-c2[nH]cnc2-c2ccc3ncc(C4=CC[C@H](CC(=O)[C@@H]5CCCN5)CC4)cc3c2)n1. The summed E-state index contributed by atoms with van der Waals surface area (Å²) in [6.45, 7) is 2.97. The Morgan fingerprint density at radius 2 is 2.00 bits per heavy atom. The lowest BCUT2D eigenvalue weighted by Gasteiger charge is -2.23. The van der Waals surface area contributed by atoms with Crippen molar-refractivity contribution in [3.63, 3.8) is 0 Å². The van der Waals surface area contributed by atoms with Gasteiger partial charge in [-0.3, -0.25) is 14.8 Å². The number of aromatic nitrogens is 4. The van der Waals surface area contributed by atoms with Crippen LogP contribution < -0.4 is 5.32 Å². The van der Waals surface area contributed by atoms with Crippen molar-refractivity contribution in [2.75, 3.05) is 6.54 Å². The van der Waals surface area contributed by atoms with E-state index in [2.05, 4.69) is 50.6 Å². The van der Waals surface area contributed by atoms with Gasteiger partial charge in [-0.1, -0.05) is 18.2 Å². The van der Waals surface area contributed by atoms with Gasteiger partial charge in [0.25, 0.3) is 0 Å². The minimum atomic E-state index is 0.0889. The summed E-state index contributed by atoms with van der Waals surface area (Å²) in [5.41, 5.74) is 8.19. The average molecular weight is 478 g/mol. The van der Waals surface area contributed by atoms with Gasteiger partial charge in [0.1, 0.15) is 5.78 Å². The number of fused-ring (bicyclic) bond motifs is 1. The van der Waals surface area contributed by atoms with Gasteiger partial charge in [0.2, 0.25) is 0 Å². The van der Waals surface area contributed by atoms with Gasteiger partial charge in [-0.05, 0) is 93.0 Å². The summed E-state index contributed by atoms with van der Waals surface area (Å²) in [5, 5.41) is 4.44. The van der Waals surface area contributed by atoms with E-state index >= 15 is 0 Å². The summed E-state index contributed by atoms with van der Waals surface area (Å²) in [7, 11) is 0. The number of pyridine rings is 2. The number of H-pyrrole nitrogens is 1. The van der Waals surface area contributed by atoms with Crippen molar-refractivity contribution >= 4 is 22.3 Å². The summed E-state index contributed by atoms with van der Waals surface area (Å²) in [6, 6.07) is 14.6. The second-order valence-electron chi connectivity index (χ2n) is 10.1. The minimum absolute atomic E-state index is 0.0889. The van der Waals surface area contributed by atoms with Crippen molar-refractivity contribution in [1.82, 2.24) is 25.3 Å². The quantitative estimate of drug-likeness (QED) is 0.362. The first kappa shape index (κ1) is 22.8. The molecule has 0 amide bonds. The molecule has 1 aliphatic heterocycles. The standard InChI is InChI=1S/C30H31N5O/c1-19-4-2-5-27(35-19)30-29(33-18-34-30)22-11-12-25-23(15-22)16-24(17-32-25)21-9-7-20(8-10-21)14-28(36)26-6-3-13-31-26/h2,4-5,9,11-12,15-18,20,26,31H,3,6-8,10,13-14H2,1H3,(H,33,34)/t20-,26-/m0/s1. The molecule has 2 atom stereocenters. The van der Waals surface area contributed by atoms with Crippen LogP contribution in [-0.2, 0) is 4.79 Å². The van der Waals surface area contributed by atoms with Crippen molar-refractivity contribution in [2.45, 2.75) is 51.5 Å². The number of rotatable bonds is 6. The van der Waals surface area contributed by atoms with Crippen molar-refractivity contribution in [3.8, 4) is 22.6 Å². The maximum absolute atomic E-state index is 12.6. The third-order valence-corrected chi connectivity index (χ3v) is 7.57. The van der Waals surface area contributed by atoms with Crippen molar-refractivity contribution in [3.05, 3.63) is 72.3 Å². The van der Waals surface area contributed by atoms with Gasteiger partial charge in [0.15, 0.2) is 0 Å². The Morgan fingerprint density at radius 1 is 1.08 bits per heavy atom. The number of nitrogens with one attached hydrogen (secondary N) is 2. The molecular weight excluding hydrogens is 446 g/mol. The molecule has 0 radical (unpaired) electrons. The van der Waals surface area contributed by atoms with Crippen molar-refractivity contribution < 1.29 is 4.79 Å². The van der Waals surface area contributed by atoms with Crippen LogP contribution in [-0.4, -0.2) is 38.3 Å². The first-order valence-corrected chi connectivity index (χ1v) is 13.0. The number of aryl methyl sites for hydroxylation is 1. The van der Waals surface area contributed by atoms with E-state index in [0.29, 0.717) is 18.1 Å². The molecule has 4 aromatic rings. The van der Waals surface area contributed by atoms with Gasteiger partial charge < -0.3 is 10.3 Å². The number of hydrogen-bond donors (Lipinski definition) is 2. The fraction of sp³-hybridized carbons (Fsp3) is 0.333. The third kappa shape index (κ3) is 4.61. The van der Waals surface area contributed by atoms with Crippen LogP contribution in [0.15, 0.2) is 61.1 Å². The summed E-state index contributed by atoms with van der Waals surface area (Å²) in [4.78, 5) is 29.9. The van der Waals surface area contributed by atoms with Crippen LogP contribution in [0.5, 0.6) is 0 Å². The molecule has 0 bridgehead atoms. The lowest BCUT2D eigenvalue weighted by atomic mass is 9.83. The Kier molecular flexibility index (Phi) is 6.20. The summed E-state index contributed by atoms with van der Waals surface area (Å²) in [5.74, 6) is 0.852. The van der Waals surface area contributed by atoms with Crippen LogP contribution in [0.25, 0.3) is 39.1 Å². The van der Waals surface area contributed by atoms with E-state index in [9.17, 15) is 4.79 Å². The Hall–Kier alpha value is -3.64. The molecule has 0 unspecified atom stereocenters. The maximum atomic E-state index is 12.6. The minimum Gasteiger partial charge on any atom is -0.343 e. The lowest BCUT2D eigenvalue weighted by molar-refractivity contribution is -0.121. The van der Waals surface area contributed by atoms with Crippen LogP contribution in [0.1, 0.15) is 49.8 Å². The van der Waals surface area contributed by atoms with E-state index < -0.39 is 0 Å². The van der Waals surface area contributed by atoms with E-state index in [1.54, 1.807) is 6.33 Å². The summed E-state index contributed by atoms with van der Waals surface area (Å²) < 4.78 is 0. The highest BCUT2D eigenvalue weighted by atomic mass is 16.1. The maximum Gasteiger partial charge on any atom is 0.150 e. The number of Topliss-reactive ketones (excluding diaryl/α,β-unsaturated/α-hetero) is 1. The number of benzene rings is 1. The van der Waals surface area contributed by atoms with Crippen molar-refractivity contribution in [2.24, 2.45) is 5.92 Å².